The zero-order valence-corrected chi connectivity index (χ0v) is 14.5. The molecular weight excluding hydrogens is 312 g/mol. The molecular formula is C16H22N4O2S. The van der Waals surface area contributed by atoms with Crippen molar-refractivity contribution in [3.63, 3.8) is 0 Å². The molecule has 0 aliphatic heterocycles. The number of hydrogen-bond acceptors (Lipinski definition) is 5. The van der Waals surface area contributed by atoms with E-state index in [1.54, 1.807) is 16.3 Å². The Morgan fingerprint density at radius 1 is 1.39 bits per heavy atom. The number of nitrogens with one attached hydrogen (secondary N) is 1. The predicted octanol–water partition coefficient (Wildman–Crippen LogP) is 3.03. The zero-order chi connectivity index (χ0) is 16.7. The van der Waals surface area contributed by atoms with E-state index in [-0.39, 0.29) is 12.5 Å². The highest BCUT2D eigenvalue weighted by molar-refractivity contribution is 7.99. The van der Waals surface area contributed by atoms with Gasteiger partial charge < -0.3 is 4.74 Å². The largest absolute Gasteiger partial charge is 0.484 e. The summed E-state index contributed by atoms with van der Waals surface area (Å²) in [5, 5.41) is 11.6. The second-order valence-electron chi connectivity index (χ2n) is 5.22. The summed E-state index contributed by atoms with van der Waals surface area (Å²) in [5.74, 6) is 1.84. The highest BCUT2D eigenvalue weighted by Crippen LogP contribution is 2.19. The molecule has 0 aliphatic rings. The molecule has 0 unspecified atom stereocenters. The lowest BCUT2D eigenvalue weighted by atomic mass is 10.2. The second-order valence-corrected chi connectivity index (χ2v) is 6.28. The van der Waals surface area contributed by atoms with Gasteiger partial charge in [-0.1, -0.05) is 37.2 Å². The van der Waals surface area contributed by atoms with Gasteiger partial charge in [0.15, 0.2) is 11.8 Å². The van der Waals surface area contributed by atoms with Crippen LogP contribution in [0.2, 0.25) is 0 Å². The number of thioether (sulfide) groups is 1. The van der Waals surface area contributed by atoms with Gasteiger partial charge in [-0.15, -0.1) is 10.2 Å². The fourth-order valence-corrected chi connectivity index (χ4v) is 2.87. The third kappa shape index (κ3) is 5.28. The van der Waals surface area contributed by atoms with Crippen molar-refractivity contribution in [2.75, 3.05) is 17.7 Å². The summed E-state index contributed by atoms with van der Waals surface area (Å²) >= 11 is 1.64. The van der Waals surface area contributed by atoms with E-state index in [2.05, 4.69) is 22.4 Å². The van der Waals surface area contributed by atoms with Crippen LogP contribution in [0.5, 0.6) is 5.75 Å². The van der Waals surface area contributed by atoms with Crippen molar-refractivity contribution in [1.29, 1.82) is 0 Å². The fraction of sp³-hybridized carbons (Fsp3) is 0.438. The van der Waals surface area contributed by atoms with Crippen molar-refractivity contribution in [2.24, 2.45) is 7.05 Å². The molecule has 1 aromatic heterocycles. The number of aromatic nitrogens is 3. The Kier molecular flexibility index (Phi) is 6.46. The molecule has 2 aromatic rings. The average molecular weight is 334 g/mol. The highest BCUT2D eigenvalue weighted by Gasteiger charge is 2.12. The third-order valence-electron chi connectivity index (χ3n) is 3.17. The van der Waals surface area contributed by atoms with Crippen molar-refractivity contribution in [3.8, 4) is 5.75 Å². The molecule has 0 saturated heterocycles. The van der Waals surface area contributed by atoms with E-state index in [0.717, 1.165) is 29.3 Å². The van der Waals surface area contributed by atoms with Crippen molar-refractivity contribution in [1.82, 2.24) is 14.8 Å². The molecule has 1 aromatic carbocycles. The van der Waals surface area contributed by atoms with Crippen molar-refractivity contribution in [3.05, 3.63) is 29.8 Å². The van der Waals surface area contributed by atoms with Gasteiger partial charge in [0.2, 0.25) is 5.95 Å². The van der Waals surface area contributed by atoms with Crippen LogP contribution in [0.4, 0.5) is 5.95 Å². The molecule has 0 spiro atoms. The molecule has 6 nitrogen and oxygen atoms in total. The molecule has 0 bridgehead atoms. The number of aryl methyl sites for hydroxylation is 1. The van der Waals surface area contributed by atoms with Crippen LogP contribution in [0.3, 0.4) is 0 Å². The van der Waals surface area contributed by atoms with Gasteiger partial charge in [0, 0.05) is 12.8 Å². The van der Waals surface area contributed by atoms with Crippen LogP contribution in [0.1, 0.15) is 25.3 Å². The molecule has 7 heteroatoms. The summed E-state index contributed by atoms with van der Waals surface area (Å²) in [7, 11) is 1.84. The number of nitrogens with zero attached hydrogens (tertiary/aromatic N) is 3. The molecule has 124 valence electrons. The van der Waals surface area contributed by atoms with Crippen LogP contribution in [0.25, 0.3) is 0 Å². The maximum atomic E-state index is 12.0. The van der Waals surface area contributed by atoms with E-state index >= 15 is 0 Å². The predicted molar refractivity (Wildman–Crippen MR) is 91.9 cm³/mol. The summed E-state index contributed by atoms with van der Waals surface area (Å²) in [4.78, 5) is 12.0. The molecule has 1 amide bonds. The number of carbonyl (C=O) groups is 1. The quantitative estimate of drug-likeness (QED) is 0.593. The molecule has 0 atom stereocenters. The first kappa shape index (κ1) is 17.3. The van der Waals surface area contributed by atoms with E-state index in [4.69, 9.17) is 4.74 Å². The van der Waals surface area contributed by atoms with Gasteiger partial charge in [-0.25, -0.2) is 0 Å². The second kappa shape index (κ2) is 8.57. The maximum Gasteiger partial charge on any atom is 0.264 e. The Morgan fingerprint density at radius 2 is 2.22 bits per heavy atom. The van der Waals surface area contributed by atoms with Crippen LogP contribution in [-0.4, -0.2) is 33.0 Å². The number of benzene rings is 1. The molecule has 23 heavy (non-hydrogen) atoms. The number of amides is 1. The highest BCUT2D eigenvalue weighted by atomic mass is 32.2. The van der Waals surface area contributed by atoms with E-state index < -0.39 is 0 Å². The van der Waals surface area contributed by atoms with Gasteiger partial charge in [0.25, 0.3) is 5.91 Å². The normalized spacial score (nSPS) is 10.6. The summed E-state index contributed by atoms with van der Waals surface area (Å²) < 4.78 is 7.25. The molecule has 0 saturated carbocycles. The molecule has 0 radical (unpaired) electrons. The third-order valence-corrected chi connectivity index (χ3v) is 4.28. The maximum absolute atomic E-state index is 12.0. The van der Waals surface area contributed by atoms with Crippen LogP contribution in [0, 0.1) is 6.92 Å². The number of ether oxygens (including phenoxy) is 1. The first-order chi connectivity index (χ1) is 11.1. The molecule has 1 heterocycles. The van der Waals surface area contributed by atoms with Gasteiger partial charge in [0.1, 0.15) is 5.75 Å². The van der Waals surface area contributed by atoms with Gasteiger partial charge >= 0.3 is 0 Å². The Balaban J connectivity index is 1.85. The monoisotopic (exact) mass is 334 g/mol. The Hall–Kier alpha value is -2.02. The number of unbranched alkanes of at least 4 members (excludes halogenated alkanes) is 1. The number of anilines is 1. The summed E-state index contributed by atoms with van der Waals surface area (Å²) in [6.07, 6.45) is 2.27. The van der Waals surface area contributed by atoms with Crippen LogP contribution in [-0.2, 0) is 11.8 Å². The number of carbonyl (C=O) groups excluding carboxylic acids is 1. The lowest BCUT2D eigenvalue weighted by Gasteiger charge is -2.08. The topological polar surface area (TPSA) is 69.0 Å². The number of rotatable bonds is 8. The van der Waals surface area contributed by atoms with Gasteiger partial charge in [-0.3, -0.25) is 14.7 Å². The minimum absolute atomic E-state index is 0.0609. The molecule has 0 fully saturated rings. The van der Waals surface area contributed by atoms with Crippen LogP contribution < -0.4 is 10.1 Å². The van der Waals surface area contributed by atoms with E-state index in [9.17, 15) is 4.79 Å². The van der Waals surface area contributed by atoms with E-state index in [1.165, 1.54) is 0 Å². The van der Waals surface area contributed by atoms with Gasteiger partial charge in [0.05, 0.1) is 0 Å². The first-order valence-electron chi connectivity index (χ1n) is 7.61. The summed E-state index contributed by atoms with van der Waals surface area (Å²) in [6.45, 7) is 4.07. The lowest BCUT2D eigenvalue weighted by molar-refractivity contribution is -0.118. The first-order valence-corrected chi connectivity index (χ1v) is 8.60. The number of hydrogen-bond donors (Lipinski definition) is 1. The minimum atomic E-state index is -0.257. The SMILES string of the molecule is CCCCSc1nnc(NC(=O)COc2cccc(C)c2)n1C. The van der Waals surface area contributed by atoms with Gasteiger partial charge in [-0.2, -0.15) is 0 Å². The van der Waals surface area contributed by atoms with Crippen LogP contribution in [0.15, 0.2) is 29.4 Å². The standard InChI is InChI=1S/C16H22N4O2S/c1-4-5-9-23-16-19-18-15(20(16)3)17-14(21)11-22-13-8-6-7-12(2)10-13/h6-8,10H,4-5,9,11H2,1-3H3,(H,17,18,21). The van der Waals surface area contributed by atoms with Gasteiger partial charge in [-0.05, 0) is 31.0 Å². The zero-order valence-electron chi connectivity index (χ0n) is 13.7. The fourth-order valence-electron chi connectivity index (χ4n) is 1.87. The van der Waals surface area contributed by atoms with E-state index in [0.29, 0.717) is 11.7 Å². The molecule has 0 aliphatic carbocycles. The van der Waals surface area contributed by atoms with E-state index in [1.807, 2.05) is 38.2 Å². The molecule has 1 N–H and O–H groups in total. The summed E-state index contributed by atoms with van der Waals surface area (Å²) in [6, 6.07) is 7.58. The Labute approximate surface area is 140 Å². The summed E-state index contributed by atoms with van der Waals surface area (Å²) in [5.41, 5.74) is 1.09. The lowest BCUT2D eigenvalue weighted by Crippen LogP contribution is -2.22. The smallest absolute Gasteiger partial charge is 0.264 e. The van der Waals surface area contributed by atoms with Crippen molar-refractivity contribution < 1.29 is 9.53 Å². The van der Waals surface area contributed by atoms with Crippen LogP contribution >= 0.6 is 11.8 Å². The van der Waals surface area contributed by atoms with Crippen molar-refractivity contribution >= 4 is 23.6 Å². The van der Waals surface area contributed by atoms with Crippen molar-refractivity contribution in [2.45, 2.75) is 31.8 Å². The average Bonchev–Trinajstić information content (AvgIpc) is 2.87. The molecule has 2 rings (SSSR count). The Morgan fingerprint density at radius 3 is 2.96 bits per heavy atom. The minimum Gasteiger partial charge on any atom is -0.484 e. The Bertz CT molecular complexity index is 657.